The zero-order chi connectivity index (χ0) is 23.3. The van der Waals surface area contributed by atoms with Crippen LogP contribution in [-0.4, -0.2) is 36.3 Å². The zero-order valence-corrected chi connectivity index (χ0v) is 20.0. The molecule has 1 aromatic heterocycles. The van der Waals surface area contributed by atoms with Crippen molar-refractivity contribution in [2.75, 3.05) is 11.1 Å². The maximum absolute atomic E-state index is 12.6. The van der Waals surface area contributed by atoms with Crippen LogP contribution in [0.5, 0.6) is 0 Å². The van der Waals surface area contributed by atoms with Gasteiger partial charge in [-0.25, -0.2) is 13.1 Å². The van der Waals surface area contributed by atoms with Gasteiger partial charge >= 0.3 is 0 Å². The van der Waals surface area contributed by atoms with Gasteiger partial charge in [-0.3, -0.25) is 4.79 Å². The molecule has 0 atom stereocenters. The minimum Gasteiger partial charge on any atom is -0.411 e. The molecule has 1 amide bonds. The Morgan fingerprint density at radius 3 is 2.42 bits per heavy atom. The van der Waals surface area contributed by atoms with E-state index < -0.39 is 10.0 Å². The van der Waals surface area contributed by atoms with Crippen LogP contribution in [0.3, 0.4) is 0 Å². The van der Waals surface area contributed by atoms with Gasteiger partial charge in [-0.15, -0.1) is 10.2 Å². The van der Waals surface area contributed by atoms with E-state index in [1.165, 1.54) is 12.1 Å². The Hall–Kier alpha value is -2.40. The van der Waals surface area contributed by atoms with Gasteiger partial charge in [-0.2, -0.15) is 0 Å². The quantitative estimate of drug-likeness (QED) is 0.424. The SMILES string of the molecule is O=C(CSc1nnc(-c2ccc(S(=O)(=O)NC3CCCCC3)cc2)o1)Nc1ccc(Cl)cc1. The number of hydrogen-bond acceptors (Lipinski definition) is 7. The van der Waals surface area contributed by atoms with Crippen molar-refractivity contribution in [1.82, 2.24) is 14.9 Å². The normalized spacial score (nSPS) is 14.8. The standard InChI is InChI=1S/C22H23ClN4O4S2/c23-16-8-10-17(11-9-16)24-20(28)14-32-22-26-25-21(31-22)15-6-12-19(13-7-15)33(29,30)27-18-4-2-1-3-5-18/h6-13,18,27H,1-5,14H2,(H,24,28). The van der Waals surface area contributed by atoms with E-state index >= 15 is 0 Å². The lowest BCUT2D eigenvalue weighted by molar-refractivity contribution is -0.113. The molecule has 1 fully saturated rings. The molecule has 1 heterocycles. The summed E-state index contributed by atoms with van der Waals surface area (Å²) in [7, 11) is -3.57. The van der Waals surface area contributed by atoms with Gasteiger partial charge in [0.2, 0.25) is 21.8 Å². The Labute approximate surface area is 201 Å². The lowest BCUT2D eigenvalue weighted by atomic mass is 9.96. The van der Waals surface area contributed by atoms with Gasteiger partial charge < -0.3 is 9.73 Å². The van der Waals surface area contributed by atoms with E-state index in [1.54, 1.807) is 36.4 Å². The minimum absolute atomic E-state index is 0.00385. The fourth-order valence-corrected chi connectivity index (χ4v) is 5.52. The predicted molar refractivity (Wildman–Crippen MR) is 128 cm³/mol. The summed E-state index contributed by atoms with van der Waals surface area (Å²) < 4.78 is 33.7. The van der Waals surface area contributed by atoms with Crippen molar-refractivity contribution in [3.63, 3.8) is 0 Å². The summed E-state index contributed by atoms with van der Waals surface area (Å²) in [5.74, 6) is 0.121. The van der Waals surface area contributed by atoms with Crippen molar-refractivity contribution < 1.29 is 17.6 Å². The van der Waals surface area contributed by atoms with Crippen LogP contribution in [0.4, 0.5) is 5.69 Å². The molecule has 174 valence electrons. The third-order valence-corrected chi connectivity index (χ3v) is 7.81. The molecule has 0 saturated heterocycles. The number of halogens is 1. The molecule has 8 nitrogen and oxygen atoms in total. The van der Waals surface area contributed by atoms with Gasteiger partial charge in [0.1, 0.15) is 0 Å². The molecule has 4 rings (SSSR count). The highest BCUT2D eigenvalue weighted by Gasteiger charge is 2.22. The van der Waals surface area contributed by atoms with Gasteiger partial charge in [0.05, 0.1) is 10.6 Å². The molecule has 3 aromatic rings. The van der Waals surface area contributed by atoms with Gasteiger partial charge in [-0.05, 0) is 61.4 Å². The van der Waals surface area contributed by atoms with Crippen LogP contribution in [0, 0.1) is 0 Å². The summed E-state index contributed by atoms with van der Waals surface area (Å²) in [6.45, 7) is 0. The molecular formula is C22H23ClN4O4S2. The smallest absolute Gasteiger partial charge is 0.277 e. The average Bonchev–Trinajstić information content (AvgIpc) is 3.29. The Kier molecular flexibility index (Phi) is 7.69. The van der Waals surface area contributed by atoms with Crippen LogP contribution in [0.25, 0.3) is 11.5 Å². The monoisotopic (exact) mass is 506 g/mol. The molecule has 0 radical (unpaired) electrons. The second-order valence-corrected chi connectivity index (χ2v) is 10.8. The first kappa shape index (κ1) is 23.7. The first-order valence-corrected chi connectivity index (χ1v) is 13.4. The topological polar surface area (TPSA) is 114 Å². The third kappa shape index (κ3) is 6.57. The van der Waals surface area contributed by atoms with Crippen LogP contribution in [-0.2, 0) is 14.8 Å². The Morgan fingerprint density at radius 2 is 1.73 bits per heavy atom. The van der Waals surface area contributed by atoms with E-state index in [0.29, 0.717) is 16.3 Å². The summed E-state index contributed by atoms with van der Waals surface area (Å²) in [4.78, 5) is 12.3. The number of thioether (sulfide) groups is 1. The lowest BCUT2D eigenvalue weighted by Gasteiger charge is -2.22. The first-order chi connectivity index (χ1) is 15.9. The molecule has 2 aromatic carbocycles. The molecule has 2 N–H and O–H groups in total. The van der Waals surface area contributed by atoms with E-state index in [0.717, 1.165) is 43.9 Å². The molecule has 0 aliphatic heterocycles. The number of anilines is 1. The van der Waals surface area contributed by atoms with Gasteiger partial charge in [0.15, 0.2) is 0 Å². The number of aromatic nitrogens is 2. The molecule has 0 spiro atoms. The van der Waals surface area contributed by atoms with Crippen LogP contribution >= 0.6 is 23.4 Å². The van der Waals surface area contributed by atoms with E-state index in [4.69, 9.17) is 16.0 Å². The zero-order valence-electron chi connectivity index (χ0n) is 17.7. The fourth-order valence-electron chi connectivity index (χ4n) is 3.53. The summed E-state index contributed by atoms with van der Waals surface area (Å²) in [6, 6.07) is 13.1. The van der Waals surface area contributed by atoms with Crippen LogP contribution < -0.4 is 10.0 Å². The maximum atomic E-state index is 12.6. The molecule has 1 aliphatic carbocycles. The number of carbonyl (C=O) groups excluding carboxylic acids is 1. The summed E-state index contributed by atoms with van der Waals surface area (Å²) >= 11 is 6.94. The largest absolute Gasteiger partial charge is 0.411 e. The molecule has 0 bridgehead atoms. The first-order valence-electron chi connectivity index (χ1n) is 10.5. The van der Waals surface area contributed by atoms with Gasteiger partial charge in [0, 0.05) is 22.3 Å². The van der Waals surface area contributed by atoms with E-state index in [9.17, 15) is 13.2 Å². The van der Waals surface area contributed by atoms with E-state index in [2.05, 4.69) is 20.2 Å². The van der Waals surface area contributed by atoms with Crippen molar-refractivity contribution in [3.05, 3.63) is 53.6 Å². The Bertz CT molecular complexity index is 1190. The maximum Gasteiger partial charge on any atom is 0.277 e. The highest BCUT2D eigenvalue weighted by molar-refractivity contribution is 7.99. The molecule has 33 heavy (non-hydrogen) atoms. The van der Waals surface area contributed by atoms with Crippen LogP contribution in [0.2, 0.25) is 5.02 Å². The van der Waals surface area contributed by atoms with Crippen molar-refractivity contribution >= 4 is 45.0 Å². The van der Waals surface area contributed by atoms with Crippen molar-refractivity contribution in [1.29, 1.82) is 0 Å². The lowest BCUT2D eigenvalue weighted by Crippen LogP contribution is -2.36. The molecule has 11 heteroatoms. The number of benzene rings is 2. The summed E-state index contributed by atoms with van der Waals surface area (Å²) in [5.41, 5.74) is 1.24. The predicted octanol–water partition coefficient (Wildman–Crippen LogP) is 4.73. The number of amides is 1. The molecular weight excluding hydrogens is 484 g/mol. The second kappa shape index (κ2) is 10.7. The van der Waals surface area contributed by atoms with Crippen LogP contribution in [0.1, 0.15) is 32.1 Å². The minimum atomic E-state index is -3.57. The van der Waals surface area contributed by atoms with E-state index in [1.807, 2.05) is 0 Å². The highest BCUT2D eigenvalue weighted by Crippen LogP contribution is 2.25. The number of nitrogens with zero attached hydrogens (tertiary/aromatic N) is 2. The number of nitrogens with one attached hydrogen (secondary N) is 2. The third-order valence-electron chi connectivity index (χ3n) is 5.20. The highest BCUT2D eigenvalue weighted by atomic mass is 35.5. The molecule has 1 aliphatic rings. The Balaban J connectivity index is 1.33. The van der Waals surface area contributed by atoms with Gasteiger partial charge in [0.25, 0.3) is 5.22 Å². The number of carbonyl (C=O) groups is 1. The van der Waals surface area contributed by atoms with E-state index in [-0.39, 0.29) is 33.7 Å². The van der Waals surface area contributed by atoms with Crippen LogP contribution in [0.15, 0.2) is 63.1 Å². The molecule has 1 saturated carbocycles. The van der Waals surface area contributed by atoms with Gasteiger partial charge in [-0.1, -0.05) is 42.6 Å². The molecule has 0 unspecified atom stereocenters. The van der Waals surface area contributed by atoms with Crippen molar-refractivity contribution in [3.8, 4) is 11.5 Å². The summed E-state index contributed by atoms with van der Waals surface area (Å²) in [5, 5.41) is 11.5. The average molecular weight is 507 g/mol. The number of rotatable bonds is 8. The fraction of sp³-hybridized carbons (Fsp3) is 0.318. The second-order valence-electron chi connectivity index (χ2n) is 7.70. The van der Waals surface area contributed by atoms with Crippen molar-refractivity contribution in [2.24, 2.45) is 0 Å². The Morgan fingerprint density at radius 1 is 1.03 bits per heavy atom. The number of hydrogen-bond donors (Lipinski definition) is 2. The van der Waals surface area contributed by atoms with Crippen molar-refractivity contribution in [2.45, 2.75) is 48.3 Å². The number of sulfonamides is 1. The summed E-state index contributed by atoms with van der Waals surface area (Å²) in [6.07, 6.45) is 5.00.